The minimum atomic E-state index is -1.10. The van der Waals surface area contributed by atoms with Crippen LogP contribution in [0.4, 0.5) is 4.79 Å². The number of carboxylic acids is 1. The highest BCUT2D eigenvalue weighted by atomic mass is 16.5. The summed E-state index contributed by atoms with van der Waals surface area (Å²) in [6, 6.07) is 15.3. The zero-order valence-corrected chi connectivity index (χ0v) is 19.8. The molecule has 4 rings (SSSR count). The number of hydrogen-bond acceptors (Lipinski definition) is 4. The summed E-state index contributed by atoms with van der Waals surface area (Å²) in [5.41, 5.74) is 4.69. The van der Waals surface area contributed by atoms with Crippen molar-refractivity contribution in [2.75, 3.05) is 6.61 Å². The van der Waals surface area contributed by atoms with E-state index in [0.717, 1.165) is 24.0 Å². The topological polar surface area (TPSA) is 105 Å². The molecule has 0 spiro atoms. The summed E-state index contributed by atoms with van der Waals surface area (Å²) in [6.07, 6.45) is 2.05. The molecule has 3 N–H and O–H groups in total. The van der Waals surface area contributed by atoms with Crippen molar-refractivity contribution < 1.29 is 24.2 Å². The summed E-state index contributed by atoms with van der Waals surface area (Å²) in [5, 5.41) is 14.7. The molecule has 2 aliphatic carbocycles. The third-order valence-corrected chi connectivity index (χ3v) is 6.80. The number of amides is 2. The SMILES string of the molecule is CC#CCC(NC(=O)C[C@H]1CC[C@@H](NC(=O)OCC2c3ccccc3-c3ccccc32)C1)C(=O)O. The van der Waals surface area contributed by atoms with E-state index in [1.54, 1.807) is 6.92 Å². The number of aliphatic carboxylic acids is 1. The number of fused-ring (bicyclic) bond motifs is 3. The van der Waals surface area contributed by atoms with Gasteiger partial charge in [0.15, 0.2) is 0 Å². The molecular weight excluding hydrogens is 444 g/mol. The number of carboxylic acid groups (broad SMARTS) is 1. The molecule has 2 amide bonds. The van der Waals surface area contributed by atoms with E-state index in [4.69, 9.17) is 4.74 Å². The zero-order valence-electron chi connectivity index (χ0n) is 19.8. The molecule has 35 heavy (non-hydrogen) atoms. The molecule has 0 radical (unpaired) electrons. The normalized spacial score (nSPS) is 19.0. The molecule has 2 aromatic carbocycles. The number of alkyl carbamates (subject to hydrolysis) is 1. The van der Waals surface area contributed by atoms with Crippen molar-refractivity contribution >= 4 is 18.0 Å². The van der Waals surface area contributed by atoms with Crippen LogP contribution in [-0.2, 0) is 14.3 Å². The molecule has 0 heterocycles. The predicted octanol–water partition coefficient (Wildman–Crippen LogP) is 4.07. The molecule has 2 aromatic rings. The molecule has 2 aliphatic rings. The molecule has 7 heteroatoms. The van der Waals surface area contributed by atoms with Crippen LogP contribution in [0.3, 0.4) is 0 Å². The van der Waals surface area contributed by atoms with Gasteiger partial charge in [0.2, 0.25) is 5.91 Å². The second kappa shape index (κ2) is 11.1. The monoisotopic (exact) mass is 474 g/mol. The lowest BCUT2D eigenvalue weighted by atomic mass is 9.98. The van der Waals surface area contributed by atoms with E-state index in [1.165, 1.54) is 11.1 Å². The Hall–Kier alpha value is -3.79. The molecule has 3 atom stereocenters. The van der Waals surface area contributed by atoms with E-state index >= 15 is 0 Å². The van der Waals surface area contributed by atoms with E-state index in [2.05, 4.69) is 46.7 Å². The number of ether oxygens (including phenoxy) is 1. The van der Waals surface area contributed by atoms with Crippen molar-refractivity contribution in [1.29, 1.82) is 0 Å². The van der Waals surface area contributed by atoms with Gasteiger partial charge in [0.25, 0.3) is 0 Å². The average molecular weight is 475 g/mol. The van der Waals surface area contributed by atoms with Crippen LogP contribution >= 0.6 is 0 Å². The number of hydrogen-bond donors (Lipinski definition) is 3. The van der Waals surface area contributed by atoms with Crippen molar-refractivity contribution in [3.8, 4) is 23.0 Å². The first-order valence-corrected chi connectivity index (χ1v) is 12.0. The fourth-order valence-corrected chi connectivity index (χ4v) is 5.12. The minimum Gasteiger partial charge on any atom is -0.480 e. The van der Waals surface area contributed by atoms with Gasteiger partial charge in [-0.05, 0) is 54.4 Å². The Labute approximate surface area is 205 Å². The van der Waals surface area contributed by atoms with Gasteiger partial charge in [0.05, 0.1) is 0 Å². The first kappa shape index (κ1) is 24.3. The van der Waals surface area contributed by atoms with Gasteiger partial charge in [-0.15, -0.1) is 11.8 Å². The van der Waals surface area contributed by atoms with Gasteiger partial charge < -0.3 is 20.5 Å². The van der Waals surface area contributed by atoms with Crippen molar-refractivity contribution in [3.63, 3.8) is 0 Å². The second-order valence-electron chi connectivity index (χ2n) is 9.14. The number of nitrogens with one attached hydrogen (secondary N) is 2. The third kappa shape index (κ3) is 5.83. The second-order valence-corrected chi connectivity index (χ2v) is 9.14. The standard InChI is InChI=1S/C28H30N2O5/c1-2-3-12-25(27(32)33)30-26(31)16-18-13-14-19(15-18)29-28(34)35-17-24-22-10-6-4-8-20(22)21-9-5-7-11-23(21)24/h4-11,18-19,24-25H,12-17H2,1H3,(H,29,34)(H,30,31)(H,32,33)/t18-,19+,25?/m0/s1. The largest absolute Gasteiger partial charge is 0.480 e. The molecule has 1 saturated carbocycles. The number of carbonyl (C=O) groups excluding carboxylic acids is 2. The Bertz CT molecular complexity index is 1120. The van der Waals surface area contributed by atoms with Crippen LogP contribution in [0.5, 0.6) is 0 Å². The number of carbonyl (C=O) groups is 3. The Morgan fingerprint density at radius 2 is 1.71 bits per heavy atom. The van der Waals surface area contributed by atoms with Crippen LogP contribution in [0.15, 0.2) is 48.5 Å². The fourth-order valence-electron chi connectivity index (χ4n) is 5.12. The lowest BCUT2D eigenvalue weighted by molar-refractivity contribution is -0.141. The van der Waals surface area contributed by atoms with Crippen LogP contribution in [0.25, 0.3) is 11.1 Å². The molecule has 1 unspecified atom stereocenters. The van der Waals surface area contributed by atoms with Crippen LogP contribution in [0, 0.1) is 17.8 Å². The number of benzene rings is 2. The maximum absolute atomic E-state index is 12.5. The van der Waals surface area contributed by atoms with Crippen LogP contribution in [0.2, 0.25) is 0 Å². The molecular formula is C28H30N2O5. The van der Waals surface area contributed by atoms with Crippen molar-refractivity contribution in [2.24, 2.45) is 5.92 Å². The summed E-state index contributed by atoms with van der Waals surface area (Å²) in [4.78, 5) is 36.2. The van der Waals surface area contributed by atoms with Crippen LogP contribution in [0.1, 0.15) is 56.1 Å². The first-order chi connectivity index (χ1) is 17.0. The highest BCUT2D eigenvalue weighted by Gasteiger charge is 2.31. The molecule has 0 aromatic heterocycles. The van der Waals surface area contributed by atoms with Crippen molar-refractivity contribution in [2.45, 2.75) is 57.0 Å². The van der Waals surface area contributed by atoms with E-state index in [-0.39, 0.29) is 43.2 Å². The van der Waals surface area contributed by atoms with Gasteiger partial charge in [0.1, 0.15) is 12.6 Å². The lowest BCUT2D eigenvalue weighted by Crippen LogP contribution is -2.41. The van der Waals surface area contributed by atoms with Gasteiger partial charge in [0, 0.05) is 24.8 Å². The maximum atomic E-state index is 12.5. The van der Waals surface area contributed by atoms with Gasteiger partial charge in [-0.2, -0.15) is 0 Å². The summed E-state index contributed by atoms with van der Waals surface area (Å²) in [6.45, 7) is 1.89. The van der Waals surface area contributed by atoms with Crippen LogP contribution < -0.4 is 10.6 Å². The number of rotatable bonds is 8. The molecule has 182 valence electrons. The third-order valence-electron chi connectivity index (χ3n) is 6.80. The zero-order chi connectivity index (χ0) is 24.8. The molecule has 0 aliphatic heterocycles. The summed E-state index contributed by atoms with van der Waals surface area (Å²) in [7, 11) is 0. The van der Waals surface area contributed by atoms with E-state index in [9.17, 15) is 19.5 Å². The molecule has 0 bridgehead atoms. The lowest BCUT2D eigenvalue weighted by Gasteiger charge is -2.17. The van der Waals surface area contributed by atoms with E-state index < -0.39 is 18.1 Å². The fraction of sp³-hybridized carbons (Fsp3) is 0.393. The summed E-state index contributed by atoms with van der Waals surface area (Å²) in [5.74, 6) is 4.03. The Kier molecular flexibility index (Phi) is 7.71. The van der Waals surface area contributed by atoms with Gasteiger partial charge in [-0.1, -0.05) is 48.5 Å². The highest BCUT2D eigenvalue weighted by Crippen LogP contribution is 2.44. The van der Waals surface area contributed by atoms with Gasteiger partial charge in [-0.3, -0.25) is 4.79 Å². The van der Waals surface area contributed by atoms with Gasteiger partial charge >= 0.3 is 12.1 Å². The van der Waals surface area contributed by atoms with Crippen molar-refractivity contribution in [3.05, 3.63) is 59.7 Å². The van der Waals surface area contributed by atoms with E-state index in [0.29, 0.717) is 6.42 Å². The maximum Gasteiger partial charge on any atom is 0.407 e. The summed E-state index contributed by atoms with van der Waals surface area (Å²) < 4.78 is 5.63. The summed E-state index contributed by atoms with van der Waals surface area (Å²) >= 11 is 0. The van der Waals surface area contributed by atoms with Gasteiger partial charge in [-0.25, -0.2) is 9.59 Å². The molecule has 7 nitrogen and oxygen atoms in total. The Morgan fingerprint density at radius 3 is 2.34 bits per heavy atom. The smallest absolute Gasteiger partial charge is 0.407 e. The minimum absolute atomic E-state index is 0.00718. The van der Waals surface area contributed by atoms with Crippen LogP contribution in [-0.4, -0.2) is 41.8 Å². The van der Waals surface area contributed by atoms with E-state index in [1.807, 2.05) is 24.3 Å². The Morgan fingerprint density at radius 1 is 1.06 bits per heavy atom. The average Bonchev–Trinajstić information content (AvgIpc) is 3.41. The predicted molar refractivity (Wildman–Crippen MR) is 132 cm³/mol. The molecule has 0 saturated heterocycles. The quantitative estimate of drug-likeness (QED) is 0.501. The van der Waals surface area contributed by atoms with Crippen molar-refractivity contribution in [1.82, 2.24) is 10.6 Å². The Balaban J connectivity index is 1.25. The first-order valence-electron chi connectivity index (χ1n) is 12.0. The molecule has 1 fully saturated rings. The highest BCUT2D eigenvalue weighted by molar-refractivity contribution is 5.84.